The molecular weight excluding hydrogens is 184 g/mol. The highest BCUT2D eigenvalue weighted by atomic mass is 16.5. The summed E-state index contributed by atoms with van der Waals surface area (Å²) in [5, 5.41) is 0. The molecule has 1 heteroatoms. The van der Waals surface area contributed by atoms with Crippen LogP contribution in [-0.4, -0.2) is 0 Å². The number of allylic oxidation sites excluding steroid dienone is 4. The normalized spacial score (nSPS) is 19.1. The van der Waals surface area contributed by atoms with Gasteiger partial charge in [0.2, 0.25) is 0 Å². The Labute approximate surface area is 90.4 Å². The van der Waals surface area contributed by atoms with Gasteiger partial charge < -0.3 is 4.74 Å². The molecule has 0 saturated carbocycles. The summed E-state index contributed by atoms with van der Waals surface area (Å²) in [6, 6.07) is 6.26. The van der Waals surface area contributed by atoms with Gasteiger partial charge in [-0.3, -0.25) is 0 Å². The maximum absolute atomic E-state index is 5.68. The second-order valence-corrected chi connectivity index (χ2v) is 3.67. The van der Waals surface area contributed by atoms with Crippen molar-refractivity contribution >= 4 is 0 Å². The SMILES string of the molecule is C=C1/C=C\C=C/Cc2ccc(C)cc2O1. The molecule has 0 atom stereocenters. The lowest BCUT2D eigenvalue weighted by Gasteiger charge is -2.10. The molecule has 76 valence electrons. The van der Waals surface area contributed by atoms with Gasteiger partial charge in [0.15, 0.2) is 0 Å². The largest absolute Gasteiger partial charge is 0.458 e. The van der Waals surface area contributed by atoms with E-state index in [4.69, 9.17) is 4.74 Å². The van der Waals surface area contributed by atoms with Crippen molar-refractivity contribution in [2.45, 2.75) is 13.3 Å². The van der Waals surface area contributed by atoms with Crippen molar-refractivity contribution in [3.63, 3.8) is 0 Å². The maximum atomic E-state index is 5.68. The molecule has 0 N–H and O–H groups in total. The maximum Gasteiger partial charge on any atom is 0.131 e. The second kappa shape index (κ2) is 4.18. The first-order valence-corrected chi connectivity index (χ1v) is 5.05. The van der Waals surface area contributed by atoms with Crippen molar-refractivity contribution in [2.75, 3.05) is 0 Å². The van der Waals surface area contributed by atoms with Gasteiger partial charge in [-0.25, -0.2) is 0 Å². The summed E-state index contributed by atoms with van der Waals surface area (Å²) in [6.07, 6.45) is 8.85. The van der Waals surface area contributed by atoms with Gasteiger partial charge in [-0.2, -0.15) is 0 Å². The van der Waals surface area contributed by atoms with Crippen LogP contribution in [0.4, 0.5) is 0 Å². The van der Waals surface area contributed by atoms with E-state index < -0.39 is 0 Å². The Kier molecular flexibility index (Phi) is 2.72. The lowest BCUT2D eigenvalue weighted by molar-refractivity contribution is 0.442. The highest BCUT2D eigenvalue weighted by molar-refractivity contribution is 5.41. The van der Waals surface area contributed by atoms with Crippen molar-refractivity contribution in [3.05, 3.63) is 66.0 Å². The average molecular weight is 198 g/mol. The molecule has 0 amide bonds. The smallest absolute Gasteiger partial charge is 0.131 e. The van der Waals surface area contributed by atoms with Crippen LogP contribution in [0.15, 0.2) is 54.8 Å². The van der Waals surface area contributed by atoms with Crippen LogP contribution in [0.3, 0.4) is 0 Å². The summed E-state index contributed by atoms with van der Waals surface area (Å²) in [6.45, 7) is 5.90. The molecule has 0 unspecified atom stereocenters. The van der Waals surface area contributed by atoms with Gasteiger partial charge in [-0.05, 0) is 36.6 Å². The number of fused-ring (bicyclic) bond motifs is 1. The molecule has 1 aliphatic heterocycles. The first kappa shape index (κ1) is 9.78. The third-order valence-corrected chi connectivity index (χ3v) is 2.33. The van der Waals surface area contributed by atoms with Crippen LogP contribution in [-0.2, 0) is 6.42 Å². The number of hydrogen-bond acceptors (Lipinski definition) is 1. The Morgan fingerprint density at radius 3 is 3.00 bits per heavy atom. The predicted octanol–water partition coefficient (Wildman–Crippen LogP) is 3.56. The predicted molar refractivity (Wildman–Crippen MR) is 62.9 cm³/mol. The van der Waals surface area contributed by atoms with Gasteiger partial charge in [0, 0.05) is 0 Å². The Morgan fingerprint density at radius 2 is 2.13 bits per heavy atom. The molecule has 0 aromatic heterocycles. The summed E-state index contributed by atoms with van der Waals surface area (Å²) in [7, 11) is 0. The minimum atomic E-state index is 0.674. The molecule has 0 spiro atoms. The molecule has 2 rings (SSSR count). The minimum Gasteiger partial charge on any atom is -0.458 e. The Balaban J connectivity index is 2.42. The zero-order valence-electron chi connectivity index (χ0n) is 8.86. The third-order valence-electron chi connectivity index (χ3n) is 2.33. The summed E-state index contributed by atoms with van der Waals surface area (Å²) in [4.78, 5) is 0. The van der Waals surface area contributed by atoms with Gasteiger partial charge >= 0.3 is 0 Å². The van der Waals surface area contributed by atoms with Crippen molar-refractivity contribution in [1.82, 2.24) is 0 Å². The zero-order chi connectivity index (χ0) is 10.7. The number of aryl methyl sites for hydroxylation is 1. The number of benzene rings is 1. The average Bonchev–Trinajstić information content (AvgIpc) is 2.27. The lowest BCUT2D eigenvalue weighted by atomic mass is 10.1. The van der Waals surface area contributed by atoms with Gasteiger partial charge in [-0.15, -0.1) is 0 Å². The molecular formula is C14H14O. The molecule has 1 heterocycles. The highest BCUT2D eigenvalue weighted by Gasteiger charge is 2.04. The van der Waals surface area contributed by atoms with Gasteiger partial charge in [0.05, 0.1) is 0 Å². The van der Waals surface area contributed by atoms with E-state index in [2.05, 4.69) is 31.7 Å². The monoisotopic (exact) mass is 198 g/mol. The Morgan fingerprint density at radius 1 is 1.27 bits per heavy atom. The van der Waals surface area contributed by atoms with Crippen LogP contribution in [0.5, 0.6) is 5.75 Å². The first-order valence-electron chi connectivity index (χ1n) is 5.05. The number of hydrogen-bond donors (Lipinski definition) is 0. The van der Waals surface area contributed by atoms with Gasteiger partial charge in [0.25, 0.3) is 0 Å². The fourth-order valence-electron chi connectivity index (χ4n) is 1.54. The molecule has 0 saturated heterocycles. The van der Waals surface area contributed by atoms with E-state index in [0.717, 1.165) is 12.2 Å². The topological polar surface area (TPSA) is 9.23 Å². The van der Waals surface area contributed by atoms with E-state index in [1.807, 2.05) is 24.3 Å². The molecule has 0 bridgehead atoms. The minimum absolute atomic E-state index is 0.674. The fraction of sp³-hybridized carbons (Fsp3) is 0.143. The molecule has 0 aliphatic carbocycles. The first-order chi connectivity index (χ1) is 7.25. The van der Waals surface area contributed by atoms with Crippen LogP contribution in [0.1, 0.15) is 11.1 Å². The standard InChI is InChI=1S/C14H14O/c1-11-8-9-13-7-5-3-4-6-12(2)15-14(13)10-11/h3-6,8-10H,2,7H2,1H3/b5-3-,6-4-. The van der Waals surface area contributed by atoms with Crippen LogP contribution in [0.2, 0.25) is 0 Å². The van der Waals surface area contributed by atoms with Gasteiger partial charge in [0.1, 0.15) is 11.5 Å². The van der Waals surface area contributed by atoms with E-state index in [-0.39, 0.29) is 0 Å². The van der Waals surface area contributed by atoms with Crippen LogP contribution in [0, 0.1) is 6.92 Å². The molecule has 1 aromatic carbocycles. The van der Waals surface area contributed by atoms with Crippen LogP contribution < -0.4 is 4.74 Å². The quantitative estimate of drug-likeness (QED) is 0.619. The van der Waals surface area contributed by atoms with Crippen LogP contribution in [0.25, 0.3) is 0 Å². The van der Waals surface area contributed by atoms with Crippen molar-refractivity contribution in [1.29, 1.82) is 0 Å². The summed E-state index contributed by atoms with van der Waals surface area (Å²) >= 11 is 0. The van der Waals surface area contributed by atoms with E-state index in [1.54, 1.807) is 0 Å². The molecule has 1 nitrogen and oxygen atoms in total. The highest BCUT2D eigenvalue weighted by Crippen LogP contribution is 2.24. The summed E-state index contributed by atoms with van der Waals surface area (Å²) < 4.78 is 5.68. The van der Waals surface area contributed by atoms with E-state index in [1.165, 1.54) is 11.1 Å². The Bertz CT molecular complexity index is 439. The number of rotatable bonds is 0. The van der Waals surface area contributed by atoms with E-state index >= 15 is 0 Å². The fourth-order valence-corrected chi connectivity index (χ4v) is 1.54. The van der Waals surface area contributed by atoms with Crippen molar-refractivity contribution in [2.24, 2.45) is 0 Å². The van der Waals surface area contributed by atoms with Crippen molar-refractivity contribution in [3.8, 4) is 5.75 Å². The summed E-state index contributed by atoms with van der Waals surface area (Å²) in [5.41, 5.74) is 2.40. The molecule has 0 fully saturated rings. The lowest BCUT2D eigenvalue weighted by Crippen LogP contribution is -1.94. The van der Waals surface area contributed by atoms with Crippen LogP contribution >= 0.6 is 0 Å². The van der Waals surface area contributed by atoms with E-state index in [0.29, 0.717) is 5.76 Å². The molecule has 15 heavy (non-hydrogen) atoms. The van der Waals surface area contributed by atoms with Crippen molar-refractivity contribution < 1.29 is 4.74 Å². The summed E-state index contributed by atoms with van der Waals surface area (Å²) in [5.74, 6) is 1.59. The zero-order valence-corrected chi connectivity index (χ0v) is 8.86. The molecule has 1 aromatic rings. The van der Waals surface area contributed by atoms with Gasteiger partial charge in [-0.1, -0.05) is 36.9 Å². The second-order valence-electron chi connectivity index (χ2n) is 3.67. The third kappa shape index (κ3) is 2.38. The number of ether oxygens (including phenoxy) is 1. The molecule has 0 radical (unpaired) electrons. The molecule has 1 aliphatic rings. The Hall–Kier alpha value is -1.76. The van der Waals surface area contributed by atoms with E-state index in [9.17, 15) is 0 Å².